The van der Waals surface area contributed by atoms with Gasteiger partial charge < -0.3 is 9.64 Å². The first kappa shape index (κ1) is 12.7. The molecule has 1 fully saturated rings. The molecule has 0 aromatic carbocycles. The molecular weight excluding hydrogens is 266 g/mol. The monoisotopic (exact) mass is 281 g/mol. The summed E-state index contributed by atoms with van der Waals surface area (Å²) in [6, 6.07) is -0.277. The molecule has 1 aromatic rings. The smallest absolute Gasteiger partial charge is 0.328 e. The Balaban J connectivity index is 1.93. The van der Waals surface area contributed by atoms with Crippen molar-refractivity contribution in [2.45, 2.75) is 38.1 Å². The number of hydrogen-bond donors (Lipinski definition) is 0. The molecule has 0 bridgehead atoms. The first-order chi connectivity index (χ1) is 9.20. The normalized spacial score (nSPS) is 21.6. The second-order valence-electron chi connectivity index (χ2n) is 4.97. The van der Waals surface area contributed by atoms with E-state index in [2.05, 4.69) is 9.97 Å². The molecule has 1 aromatic heterocycles. The zero-order chi connectivity index (χ0) is 13.4. The van der Waals surface area contributed by atoms with Crippen LogP contribution in [-0.2, 0) is 22.4 Å². The van der Waals surface area contributed by atoms with E-state index in [1.165, 1.54) is 7.11 Å². The summed E-state index contributed by atoms with van der Waals surface area (Å²) in [4.78, 5) is 22.6. The number of halogens is 1. The number of hydrogen-bond acceptors (Lipinski definition) is 5. The van der Waals surface area contributed by atoms with Crippen molar-refractivity contribution in [2.75, 3.05) is 18.6 Å². The Morgan fingerprint density at radius 2 is 2.21 bits per heavy atom. The number of nitrogens with zero attached hydrogens (tertiary/aromatic N) is 3. The molecule has 1 saturated heterocycles. The third kappa shape index (κ3) is 2.16. The van der Waals surface area contributed by atoms with Crippen molar-refractivity contribution in [3.05, 3.63) is 16.4 Å². The van der Waals surface area contributed by atoms with Crippen molar-refractivity contribution in [3.8, 4) is 0 Å². The fourth-order valence-electron chi connectivity index (χ4n) is 2.89. The van der Waals surface area contributed by atoms with Gasteiger partial charge in [-0.05, 0) is 32.1 Å². The van der Waals surface area contributed by atoms with Crippen molar-refractivity contribution in [1.29, 1.82) is 0 Å². The van der Waals surface area contributed by atoms with Crippen molar-refractivity contribution in [3.63, 3.8) is 0 Å². The van der Waals surface area contributed by atoms with Crippen molar-refractivity contribution in [2.24, 2.45) is 0 Å². The number of aryl methyl sites for hydroxylation is 1. The molecule has 2 heterocycles. The SMILES string of the molecule is COC(=O)C1CCCN1c1nc(Cl)c2c(n1)CCC2. The maximum absolute atomic E-state index is 11.8. The predicted octanol–water partition coefficient (Wildman–Crippen LogP) is 1.76. The standard InChI is InChI=1S/C13H16ClN3O2/c1-19-12(18)10-6-3-7-17(10)13-15-9-5-2-4-8(9)11(14)16-13/h10H,2-7H2,1H3. The highest BCUT2D eigenvalue weighted by Gasteiger charge is 2.34. The van der Waals surface area contributed by atoms with Gasteiger partial charge in [0.2, 0.25) is 5.95 Å². The van der Waals surface area contributed by atoms with Crippen LogP contribution in [0.3, 0.4) is 0 Å². The van der Waals surface area contributed by atoms with E-state index in [0.717, 1.165) is 49.9 Å². The maximum Gasteiger partial charge on any atom is 0.328 e. The zero-order valence-corrected chi connectivity index (χ0v) is 11.6. The van der Waals surface area contributed by atoms with Crippen molar-refractivity contribution in [1.82, 2.24) is 9.97 Å². The second kappa shape index (κ2) is 4.96. The summed E-state index contributed by atoms with van der Waals surface area (Å²) in [6.07, 6.45) is 4.70. The molecule has 0 saturated carbocycles. The fraction of sp³-hybridized carbons (Fsp3) is 0.615. The van der Waals surface area contributed by atoms with Crippen LogP contribution in [0, 0.1) is 0 Å². The summed E-state index contributed by atoms with van der Waals surface area (Å²) in [7, 11) is 1.41. The number of carbonyl (C=O) groups excluding carboxylic acids is 1. The molecule has 19 heavy (non-hydrogen) atoms. The van der Waals surface area contributed by atoms with Gasteiger partial charge in [0, 0.05) is 12.1 Å². The molecule has 1 aliphatic heterocycles. The molecule has 3 rings (SSSR count). The minimum atomic E-state index is -0.277. The summed E-state index contributed by atoms with van der Waals surface area (Å²) in [5.74, 6) is 0.344. The minimum absolute atomic E-state index is 0.224. The van der Waals surface area contributed by atoms with E-state index >= 15 is 0 Å². The molecule has 1 unspecified atom stereocenters. The van der Waals surface area contributed by atoms with Crippen LogP contribution in [0.5, 0.6) is 0 Å². The average molecular weight is 282 g/mol. The molecule has 0 amide bonds. The number of anilines is 1. The van der Waals surface area contributed by atoms with Gasteiger partial charge in [-0.1, -0.05) is 11.6 Å². The Labute approximate surface area is 116 Å². The predicted molar refractivity (Wildman–Crippen MR) is 71.5 cm³/mol. The highest BCUT2D eigenvalue weighted by molar-refractivity contribution is 6.30. The first-order valence-corrected chi connectivity index (χ1v) is 6.98. The lowest BCUT2D eigenvalue weighted by Crippen LogP contribution is -2.38. The molecule has 2 aliphatic rings. The van der Waals surface area contributed by atoms with Crippen LogP contribution in [0.4, 0.5) is 5.95 Å². The summed E-state index contributed by atoms with van der Waals surface area (Å²) in [5, 5.41) is 0.535. The maximum atomic E-state index is 11.8. The lowest BCUT2D eigenvalue weighted by atomic mass is 10.2. The highest BCUT2D eigenvalue weighted by Crippen LogP contribution is 2.30. The Morgan fingerprint density at radius 1 is 1.37 bits per heavy atom. The molecule has 102 valence electrons. The fourth-order valence-corrected chi connectivity index (χ4v) is 3.17. The van der Waals surface area contributed by atoms with E-state index in [-0.39, 0.29) is 12.0 Å². The van der Waals surface area contributed by atoms with Gasteiger partial charge in [-0.25, -0.2) is 14.8 Å². The third-order valence-electron chi connectivity index (χ3n) is 3.85. The van der Waals surface area contributed by atoms with Crippen LogP contribution in [0.1, 0.15) is 30.5 Å². The van der Waals surface area contributed by atoms with E-state index in [0.29, 0.717) is 11.1 Å². The van der Waals surface area contributed by atoms with Crippen LogP contribution in [0.15, 0.2) is 0 Å². The van der Waals surface area contributed by atoms with Gasteiger partial charge in [-0.2, -0.15) is 0 Å². The Hall–Kier alpha value is -1.36. The Kier molecular flexibility index (Phi) is 3.31. The topological polar surface area (TPSA) is 55.3 Å². The van der Waals surface area contributed by atoms with Gasteiger partial charge >= 0.3 is 5.97 Å². The summed E-state index contributed by atoms with van der Waals surface area (Å²) in [6.45, 7) is 0.773. The Morgan fingerprint density at radius 3 is 3.00 bits per heavy atom. The molecule has 0 radical (unpaired) electrons. The number of rotatable bonds is 2. The van der Waals surface area contributed by atoms with Crippen LogP contribution >= 0.6 is 11.6 Å². The molecule has 1 aliphatic carbocycles. The number of ether oxygens (including phenoxy) is 1. The molecule has 1 atom stereocenters. The van der Waals surface area contributed by atoms with Crippen LogP contribution in [0.2, 0.25) is 5.15 Å². The molecule has 0 N–H and O–H groups in total. The van der Waals surface area contributed by atoms with Gasteiger partial charge in [-0.3, -0.25) is 0 Å². The molecular formula is C13H16ClN3O2. The zero-order valence-electron chi connectivity index (χ0n) is 10.9. The van der Waals surface area contributed by atoms with Gasteiger partial charge in [-0.15, -0.1) is 0 Å². The summed E-state index contributed by atoms with van der Waals surface area (Å²) < 4.78 is 4.84. The second-order valence-corrected chi connectivity index (χ2v) is 5.33. The number of esters is 1. The van der Waals surface area contributed by atoms with E-state index in [1.54, 1.807) is 0 Å². The van der Waals surface area contributed by atoms with Gasteiger partial charge in [0.25, 0.3) is 0 Å². The average Bonchev–Trinajstić information content (AvgIpc) is 3.05. The lowest BCUT2D eigenvalue weighted by molar-refractivity contribution is -0.141. The number of carbonyl (C=O) groups is 1. The van der Waals surface area contributed by atoms with Crippen LogP contribution < -0.4 is 4.90 Å². The molecule has 6 heteroatoms. The first-order valence-electron chi connectivity index (χ1n) is 6.60. The number of aromatic nitrogens is 2. The largest absolute Gasteiger partial charge is 0.467 e. The summed E-state index contributed by atoms with van der Waals surface area (Å²) in [5.41, 5.74) is 2.10. The van der Waals surface area contributed by atoms with E-state index < -0.39 is 0 Å². The van der Waals surface area contributed by atoms with Gasteiger partial charge in [0.05, 0.1) is 12.8 Å². The summed E-state index contributed by atoms with van der Waals surface area (Å²) >= 11 is 6.22. The number of methoxy groups -OCH3 is 1. The van der Waals surface area contributed by atoms with Crippen molar-refractivity contribution < 1.29 is 9.53 Å². The quantitative estimate of drug-likeness (QED) is 0.611. The number of fused-ring (bicyclic) bond motifs is 1. The van der Waals surface area contributed by atoms with Crippen molar-refractivity contribution >= 4 is 23.5 Å². The van der Waals surface area contributed by atoms with E-state index in [1.807, 2.05) is 4.90 Å². The van der Waals surface area contributed by atoms with E-state index in [9.17, 15) is 4.79 Å². The third-order valence-corrected chi connectivity index (χ3v) is 4.17. The van der Waals surface area contributed by atoms with E-state index in [4.69, 9.17) is 16.3 Å². The lowest BCUT2D eigenvalue weighted by Gasteiger charge is -2.23. The molecule has 5 nitrogen and oxygen atoms in total. The van der Waals surface area contributed by atoms with Crippen LogP contribution in [0.25, 0.3) is 0 Å². The van der Waals surface area contributed by atoms with Gasteiger partial charge in [0.15, 0.2) is 0 Å². The van der Waals surface area contributed by atoms with Gasteiger partial charge in [0.1, 0.15) is 11.2 Å². The highest BCUT2D eigenvalue weighted by atomic mass is 35.5. The van der Waals surface area contributed by atoms with Crippen LogP contribution in [-0.4, -0.2) is 35.6 Å². The minimum Gasteiger partial charge on any atom is -0.467 e. The molecule has 0 spiro atoms. The Bertz CT molecular complexity index is 521.